The lowest BCUT2D eigenvalue weighted by atomic mass is 10.2. The average molecular weight is 332 g/mol. The molecule has 3 aromatic carbocycles. The van der Waals surface area contributed by atoms with Gasteiger partial charge in [-0.2, -0.15) is 0 Å². The largest absolute Gasteiger partial charge is 0.295 e. The van der Waals surface area contributed by atoms with Crippen molar-refractivity contribution in [3.8, 4) is 0 Å². The van der Waals surface area contributed by atoms with Gasteiger partial charge in [0.05, 0.1) is 0 Å². The minimum Gasteiger partial charge on any atom is -0.295 e. The van der Waals surface area contributed by atoms with Crippen LogP contribution in [0.25, 0.3) is 20.2 Å². The number of carbonyl (C=O) groups is 1. The van der Waals surface area contributed by atoms with Crippen molar-refractivity contribution in [3.05, 3.63) is 94.6 Å². The van der Waals surface area contributed by atoms with Crippen molar-refractivity contribution in [2.75, 3.05) is 0 Å². The van der Waals surface area contributed by atoms with E-state index in [4.69, 9.17) is 0 Å². The van der Waals surface area contributed by atoms with Crippen LogP contribution in [-0.2, 0) is 0 Å². The Morgan fingerprint density at radius 1 is 0.708 bits per heavy atom. The highest BCUT2D eigenvalue weighted by atomic mass is 32.1. The molecule has 24 heavy (non-hydrogen) atoms. The fourth-order valence-electron chi connectivity index (χ4n) is 2.42. The first kappa shape index (κ1) is 16.1. The van der Waals surface area contributed by atoms with Crippen molar-refractivity contribution in [2.24, 2.45) is 0 Å². The van der Waals surface area contributed by atoms with Crippen LogP contribution in [0.2, 0.25) is 0 Å². The molecule has 0 aliphatic rings. The van der Waals surface area contributed by atoms with Gasteiger partial charge < -0.3 is 0 Å². The third-order valence-corrected chi connectivity index (χ3v) is 4.82. The van der Waals surface area contributed by atoms with Gasteiger partial charge in [-0.3, -0.25) is 9.59 Å². The lowest BCUT2D eigenvalue weighted by Gasteiger charge is -1.99. The van der Waals surface area contributed by atoms with Gasteiger partial charge in [-0.25, -0.2) is 0 Å². The predicted molar refractivity (Wildman–Crippen MR) is 102 cm³/mol. The van der Waals surface area contributed by atoms with Crippen molar-refractivity contribution in [1.29, 1.82) is 0 Å². The molecule has 0 fully saturated rings. The maximum Gasteiger partial charge on any atom is 0.195 e. The third kappa shape index (κ3) is 3.42. The van der Waals surface area contributed by atoms with Gasteiger partial charge in [0.2, 0.25) is 0 Å². The summed E-state index contributed by atoms with van der Waals surface area (Å²) < 4.78 is 2.11. The molecule has 0 saturated heterocycles. The summed E-state index contributed by atoms with van der Waals surface area (Å²) in [6, 6.07) is 24.7. The van der Waals surface area contributed by atoms with E-state index in [1.165, 1.54) is 0 Å². The smallest absolute Gasteiger partial charge is 0.195 e. The summed E-state index contributed by atoms with van der Waals surface area (Å²) >= 11 is 1.67. The van der Waals surface area contributed by atoms with E-state index in [0.29, 0.717) is 0 Å². The molecular formula is C21H16O2S. The van der Waals surface area contributed by atoms with Gasteiger partial charge in [0, 0.05) is 25.7 Å². The first-order valence-corrected chi connectivity index (χ1v) is 8.45. The Kier molecular flexibility index (Phi) is 4.82. The molecule has 2 nitrogen and oxygen atoms in total. The number of rotatable bonds is 1. The highest BCUT2D eigenvalue weighted by Crippen LogP contribution is 2.23. The average Bonchev–Trinajstić information content (AvgIpc) is 2.63. The van der Waals surface area contributed by atoms with Crippen LogP contribution in [0.5, 0.6) is 0 Å². The molecule has 0 spiro atoms. The maximum atomic E-state index is 12.1. The maximum absolute atomic E-state index is 12.1. The quantitative estimate of drug-likeness (QED) is 0.350. The number of hydrogen-bond donors (Lipinski definition) is 0. The SMILES string of the molecule is CC(=O)c1ccccc1.O=c1c2ccccc2sc2ccccc12. The summed E-state index contributed by atoms with van der Waals surface area (Å²) in [4.78, 5) is 22.7. The highest BCUT2D eigenvalue weighted by molar-refractivity contribution is 7.24. The van der Waals surface area contributed by atoms with Gasteiger partial charge in [-0.05, 0) is 31.2 Å². The van der Waals surface area contributed by atoms with Crippen LogP contribution in [0.1, 0.15) is 17.3 Å². The fraction of sp³-hybridized carbons (Fsp3) is 0.0476. The number of Topliss-reactive ketones (excluding diaryl/α,β-unsaturated/α-hetero) is 1. The first-order chi connectivity index (χ1) is 11.7. The molecule has 1 aromatic heterocycles. The van der Waals surface area contributed by atoms with E-state index >= 15 is 0 Å². The van der Waals surface area contributed by atoms with Crippen molar-refractivity contribution >= 4 is 37.3 Å². The molecule has 0 amide bonds. The zero-order valence-corrected chi connectivity index (χ0v) is 14.0. The van der Waals surface area contributed by atoms with Gasteiger partial charge in [0.1, 0.15) is 0 Å². The van der Waals surface area contributed by atoms with Crippen molar-refractivity contribution in [2.45, 2.75) is 6.92 Å². The molecular weight excluding hydrogens is 316 g/mol. The van der Waals surface area contributed by atoms with E-state index in [1.54, 1.807) is 18.3 Å². The zero-order chi connectivity index (χ0) is 16.9. The van der Waals surface area contributed by atoms with Gasteiger partial charge in [-0.1, -0.05) is 54.6 Å². The Morgan fingerprint density at radius 2 is 1.17 bits per heavy atom. The molecule has 1 heterocycles. The van der Waals surface area contributed by atoms with Crippen LogP contribution in [0.15, 0.2) is 83.7 Å². The normalized spacial score (nSPS) is 10.2. The minimum absolute atomic E-state index is 0.121. The predicted octanol–water partition coefficient (Wildman–Crippen LogP) is 5.30. The number of hydrogen-bond acceptors (Lipinski definition) is 3. The van der Waals surface area contributed by atoms with Crippen LogP contribution >= 0.6 is 11.3 Å². The topological polar surface area (TPSA) is 34.1 Å². The zero-order valence-electron chi connectivity index (χ0n) is 13.2. The Labute approximate surface area is 144 Å². The van der Waals surface area contributed by atoms with E-state index < -0.39 is 0 Å². The first-order valence-electron chi connectivity index (χ1n) is 7.63. The molecule has 4 rings (SSSR count). The molecule has 0 saturated carbocycles. The fourth-order valence-corrected chi connectivity index (χ4v) is 3.49. The molecule has 0 aliphatic heterocycles. The highest BCUT2D eigenvalue weighted by Gasteiger charge is 2.03. The van der Waals surface area contributed by atoms with Crippen LogP contribution in [0.4, 0.5) is 0 Å². The van der Waals surface area contributed by atoms with E-state index in [1.807, 2.05) is 78.9 Å². The van der Waals surface area contributed by atoms with Crippen LogP contribution in [-0.4, -0.2) is 5.78 Å². The van der Waals surface area contributed by atoms with E-state index in [0.717, 1.165) is 25.7 Å². The summed E-state index contributed by atoms with van der Waals surface area (Å²) in [7, 11) is 0. The molecule has 0 aliphatic carbocycles. The van der Waals surface area contributed by atoms with Gasteiger partial charge in [0.25, 0.3) is 0 Å². The minimum atomic E-state index is 0.121. The number of carbonyl (C=O) groups excluding carboxylic acids is 1. The lowest BCUT2D eigenvalue weighted by Crippen LogP contribution is -1.99. The second-order valence-corrected chi connectivity index (χ2v) is 6.43. The summed E-state index contributed by atoms with van der Waals surface area (Å²) in [5, 5.41) is 1.64. The molecule has 0 atom stereocenters. The standard InChI is InChI=1S/C13H8OS.C8H8O/c14-13-9-5-1-3-7-11(9)15-12-8-4-2-6-10(12)13;1-7(9)8-5-3-2-4-6-8/h1-8H;2-6H,1H3. The van der Waals surface area contributed by atoms with E-state index in [2.05, 4.69) is 0 Å². The van der Waals surface area contributed by atoms with Gasteiger partial charge >= 0.3 is 0 Å². The number of ketones is 1. The van der Waals surface area contributed by atoms with Crippen LogP contribution in [0, 0.1) is 0 Å². The lowest BCUT2D eigenvalue weighted by molar-refractivity contribution is 0.101. The number of benzene rings is 3. The Bertz CT molecular complexity index is 992. The molecule has 3 heteroatoms. The second-order valence-electron chi connectivity index (χ2n) is 5.35. The summed E-state index contributed by atoms with van der Waals surface area (Å²) in [5.41, 5.74) is 0.914. The van der Waals surface area contributed by atoms with E-state index in [-0.39, 0.29) is 11.2 Å². The molecule has 0 N–H and O–H groups in total. The summed E-state index contributed by atoms with van der Waals surface area (Å²) in [6.45, 7) is 1.56. The monoisotopic (exact) mass is 332 g/mol. The Balaban J connectivity index is 0.000000162. The van der Waals surface area contributed by atoms with Gasteiger partial charge in [0.15, 0.2) is 11.2 Å². The second kappa shape index (κ2) is 7.20. The molecule has 4 aromatic rings. The van der Waals surface area contributed by atoms with Crippen LogP contribution < -0.4 is 5.43 Å². The van der Waals surface area contributed by atoms with Crippen LogP contribution in [0.3, 0.4) is 0 Å². The van der Waals surface area contributed by atoms with Gasteiger partial charge in [-0.15, -0.1) is 11.3 Å². The summed E-state index contributed by atoms with van der Waals surface area (Å²) in [5.74, 6) is 0.121. The van der Waals surface area contributed by atoms with Crippen molar-refractivity contribution in [1.82, 2.24) is 0 Å². The van der Waals surface area contributed by atoms with Crippen molar-refractivity contribution < 1.29 is 4.79 Å². The molecule has 0 unspecified atom stereocenters. The Hall–Kier alpha value is -2.78. The Morgan fingerprint density at radius 3 is 1.62 bits per heavy atom. The third-order valence-electron chi connectivity index (χ3n) is 3.66. The summed E-state index contributed by atoms with van der Waals surface area (Å²) in [6.07, 6.45) is 0. The van der Waals surface area contributed by atoms with Crippen molar-refractivity contribution in [3.63, 3.8) is 0 Å². The van der Waals surface area contributed by atoms with E-state index in [9.17, 15) is 9.59 Å². The molecule has 0 radical (unpaired) electrons. The molecule has 118 valence electrons. The number of fused-ring (bicyclic) bond motifs is 2. The molecule has 0 bridgehead atoms.